The quantitative estimate of drug-likeness (QED) is 0.385. The number of rotatable bonds is 6. The number of aromatic nitrogens is 2. The Morgan fingerprint density at radius 1 is 1.39 bits per heavy atom. The molecule has 0 fully saturated rings. The Kier molecular flexibility index (Phi) is 6.39. The van der Waals surface area contributed by atoms with Crippen LogP contribution in [0.3, 0.4) is 0 Å². The second-order valence-electron chi connectivity index (χ2n) is 8.41. The number of aryl methyl sites for hydroxylation is 1. The van der Waals surface area contributed by atoms with Crippen LogP contribution in [0.25, 0.3) is 11.0 Å². The number of thioether (sulfide) groups is 1. The average molecular weight is 458 g/mol. The molecule has 0 saturated carbocycles. The Labute approximate surface area is 190 Å². The summed E-state index contributed by atoms with van der Waals surface area (Å²) in [5.74, 6) is 0.275. The van der Waals surface area contributed by atoms with Crippen LogP contribution in [0, 0.1) is 12.8 Å². The van der Waals surface area contributed by atoms with Crippen molar-refractivity contribution >= 4 is 51.0 Å². The largest absolute Gasteiger partial charge is 0.459 e. The lowest BCUT2D eigenvalue weighted by atomic mass is 9.88. The van der Waals surface area contributed by atoms with Gasteiger partial charge in [-0.1, -0.05) is 24.8 Å². The molecule has 2 heterocycles. The topological polar surface area (TPSA) is 84.1 Å². The van der Waals surface area contributed by atoms with Crippen LogP contribution in [0.1, 0.15) is 53.6 Å². The van der Waals surface area contributed by atoms with Crippen molar-refractivity contribution in [3.05, 3.63) is 39.8 Å². The third-order valence-corrected chi connectivity index (χ3v) is 7.31. The van der Waals surface area contributed by atoms with Gasteiger partial charge in [-0.15, -0.1) is 11.3 Å². The molecule has 0 spiro atoms. The van der Waals surface area contributed by atoms with Gasteiger partial charge in [0.2, 0.25) is 5.91 Å². The molecule has 1 aliphatic rings. The lowest BCUT2D eigenvalue weighted by Crippen LogP contribution is -2.19. The molecule has 3 aromatic rings. The van der Waals surface area contributed by atoms with E-state index in [1.165, 1.54) is 28.0 Å². The van der Waals surface area contributed by atoms with Crippen molar-refractivity contribution in [1.29, 1.82) is 0 Å². The molecule has 2 aromatic heterocycles. The lowest BCUT2D eigenvalue weighted by molar-refractivity contribution is -0.113. The number of ether oxygens (including phenoxy) is 1. The molecule has 31 heavy (non-hydrogen) atoms. The molecule has 0 aliphatic heterocycles. The third-order valence-electron chi connectivity index (χ3n) is 5.27. The Morgan fingerprint density at radius 3 is 2.97 bits per heavy atom. The molecule has 0 bridgehead atoms. The number of nitrogens with one attached hydrogen (secondary N) is 2. The van der Waals surface area contributed by atoms with E-state index in [0.29, 0.717) is 21.6 Å². The number of anilines is 1. The number of aromatic amines is 1. The molecule has 6 nitrogen and oxygen atoms in total. The molecule has 4 rings (SSSR count). The maximum atomic E-state index is 12.8. The highest BCUT2D eigenvalue weighted by Crippen LogP contribution is 2.40. The number of fused-ring (bicyclic) bond motifs is 2. The molecule has 1 atom stereocenters. The van der Waals surface area contributed by atoms with E-state index in [1.54, 1.807) is 0 Å². The molecule has 0 saturated heterocycles. The fraction of sp³-hybridized carbons (Fsp3) is 0.435. The Morgan fingerprint density at radius 2 is 2.19 bits per heavy atom. The van der Waals surface area contributed by atoms with Gasteiger partial charge in [-0.05, 0) is 69.2 Å². The summed E-state index contributed by atoms with van der Waals surface area (Å²) in [5.41, 5.74) is 4.58. The van der Waals surface area contributed by atoms with Crippen LogP contribution < -0.4 is 5.32 Å². The van der Waals surface area contributed by atoms with Gasteiger partial charge >= 0.3 is 5.97 Å². The molecule has 0 unspecified atom stereocenters. The second kappa shape index (κ2) is 9.04. The van der Waals surface area contributed by atoms with Gasteiger partial charge in [0.05, 0.1) is 28.5 Å². The average Bonchev–Trinajstić information content (AvgIpc) is 3.25. The molecule has 1 amide bonds. The standard InChI is InChI=1S/C23H27N3O3S2/c1-12(2)29-22(28)20-15-7-5-14(4)10-18(15)31-21(20)26-19(27)11-30-23-24-16-8-6-13(3)9-17(16)25-23/h6,8-9,12,14H,5,7,10-11H2,1-4H3,(H,24,25)(H,26,27)/t14-/m0/s1. The third kappa shape index (κ3) is 4.96. The number of hydrogen-bond acceptors (Lipinski definition) is 6. The summed E-state index contributed by atoms with van der Waals surface area (Å²) < 4.78 is 5.48. The van der Waals surface area contributed by atoms with Gasteiger partial charge in [0.1, 0.15) is 5.00 Å². The maximum absolute atomic E-state index is 12.8. The van der Waals surface area contributed by atoms with Crippen molar-refractivity contribution in [2.75, 3.05) is 11.1 Å². The van der Waals surface area contributed by atoms with E-state index < -0.39 is 0 Å². The van der Waals surface area contributed by atoms with Crippen molar-refractivity contribution in [3.8, 4) is 0 Å². The normalized spacial score (nSPS) is 15.8. The minimum atomic E-state index is -0.349. The fourth-order valence-corrected chi connectivity index (χ4v) is 5.89. The van der Waals surface area contributed by atoms with Gasteiger partial charge in [-0.3, -0.25) is 4.79 Å². The van der Waals surface area contributed by atoms with Crippen LogP contribution in [-0.2, 0) is 22.4 Å². The first kappa shape index (κ1) is 21.9. The number of benzene rings is 1. The lowest BCUT2D eigenvalue weighted by Gasteiger charge is -2.18. The van der Waals surface area contributed by atoms with Crippen LogP contribution in [0.4, 0.5) is 5.00 Å². The van der Waals surface area contributed by atoms with Crippen LogP contribution in [0.5, 0.6) is 0 Å². The summed E-state index contributed by atoms with van der Waals surface area (Å²) in [6.45, 7) is 7.92. The number of hydrogen-bond donors (Lipinski definition) is 2. The number of carbonyl (C=O) groups excluding carboxylic acids is 2. The number of nitrogens with zero attached hydrogens (tertiary/aromatic N) is 1. The molecule has 8 heteroatoms. The molecular formula is C23H27N3O3S2. The number of thiophene rings is 1. The van der Waals surface area contributed by atoms with E-state index in [2.05, 4.69) is 22.2 Å². The zero-order chi connectivity index (χ0) is 22.1. The summed E-state index contributed by atoms with van der Waals surface area (Å²) in [6, 6.07) is 6.02. The highest BCUT2D eigenvalue weighted by molar-refractivity contribution is 7.99. The number of esters is 1. The highest BCUT2D eigenvalue weighted by Gasteiger charge is 2.29. The van der Waals surface area contributed by atoms with Crippen LogP contribution in [0.2, 0.25) is 0 Å². The van der Waals surface area contributed by atoms with Gasteiger partial charge in [0.15, 0.2) is 5.16 Å². The minimum absolute atomic E-state index is 0.160. The number of imidazole rings is 1. The van der Waals surface area contributed by atoms with Crippen molar-refractivity contribution < 1.29 is 14.3 Å². The van der Waals surface area contributed by atoms with E-state index in [0.717, 1.165) is 41.4 Å². The van der Waals surface area contributed by atoms with Crippen molar-refractivity contribution in [2.24, 2.45) is 5.92 Å². The molecule has 1 aromatic carbocycles. The van der Waals surface area contributed by atoms with Gasteiger partial charge in [0.25, 0.3) is 0 Å². The Balaban J connectivity index is 1.49. The number of carbonyl (C=O) groups is 2. The van der Waals surface area contributed by atoms with Crippen molar-refractivity contribution in [2.45, 2.75) is 58.2 Å². The van der Waals surface area contributed by atoms with Crippen LogP contribution in [-0.4, -0.2) is 33.7 Å². The first-order chi connectivity index (χ1) is 14.8. The van der Waals surface area contributed by atoms with Crippen molar-refractivity contribution in [3.63, 3.8) is 0 Å². The van der Waals surface area contributed by atoms with E-state index in [-0.39, 0.29) is 23.7 Å². The first-order valence-electron chi connectivity index (χ1n) is 10.5. The number of H-pyrrole nitrogens is 1. The summed E-state index contributed by atoms with van der Waals surface area (Å²) in [7, 11) is 0. The summed E-state index contributed by atoms with van der Waals surface area (Å²) in [6.07, 6.45) is 2.62. The predicted octanol–water partition coefficient (Wildman–Crippen LogP) is 5.35. The zero-order valence-electron chi connectivity index (χ0n) is 18.2. The van der Waals surface area contributed by atoms with Crippen LogP contribution >= 0.6 is 23.1 Å². The van der Waals surface area contributed by atoms with E-state index in [9.17, 15) is 9.59 Å². The summed E-state index contributed by atoms with van der Waals surface area (Å²) >= 11 is 2.86. The molecule has 2 N–H and O–H groups in total. The van der Waals surface area contributed by atoms with E-state index >= 15 is 0 Å². The van der Waals surface area contributed by atoms with E-state index in [4.69, 9.17) is 4.74 Å². The minimum Gasteiger partial charge on any atom is -0.459 e. The Bertz CT molecular complexity index is 1130. The maximum Gasteiger partial charge on any atom is 0.341 e. The molecule has 164 valence electrons. The predicted molar refractivity (Wildman–Crippen MR) is 126 cm³/mol. The van der Waals surface area contributed by atoms with Crippen molar-refractivity contribution in [1.82, 2.24) is 9.97 Å². The van der Waals surface area contributed by atoms with Gasteiger partial charge < -0.3 is 15.0 Å². The smallest absolute Gasteiger partial charge is 0.341 e. The second-order valence-corrected chi connectivity index (χ2v) is 10.5. The van der Waals surface area contributed by atoms with Crippen LogP contribution in [0.15, 0.2) is 23.4 Å². The summed E-state index contributed by atoms with van der Waals surface area (Å²) in [5, 5.41) is 4.28. The number of amides is 1. The first-order valence-corrected chi connectivity index (χ1v) is 12.3. The molecular weight excluding hydrogens is 430 g/mol. The van der Waals surface area contributed by atoms with Gasteiger partial charge in [-0.25, -0.2) is 9.78 Å². The molecule has 0 radical (unpaired) electrons. The van der Waals surface area contributed by atoms with Gasteiger partial charge in [0, 0.05) is 4.88 Å². The van der Waals surface area contributed by atoms with Gasteiger partial charge in [-0.2, -0.15) is 0 Å². The molecule has 1 aliphatic carbocycles. The SMILES string of the molecule is Cc1ccc2nc(SCC(=O)Nc3sc4c(c3C(=O)OC(C)C)CC[C@H](C)C4)[nH]c2c1. The van der Waals surface area contributed by atoms with E-state index in [1.807, 2.05) is 39.0 Å². The zero-order valence-corrected chi connectivity index (χ0v) is 19.8. The monoisotopic (exact) mass is 457 g/mol. The highest BCUT2D eigenvalue weighted by atomic mass is 32.2. The summed E-state index contributed by atoms with van der Waals surface area (Å²) in [4.78, 5) is 34.5. The Hall–Kier alpha value is -2.32. The fourth-order valence-electron chi connectivity index (χ4n) is 3.79.